The minimum Gasteiger partial charge on any atom is -0.493 e. The van der Waals surface area contributed by atoms with Gasteiger partial charge in [-0.3, -0.25) is 0 Å². The van der Waals surface area contributed by atoms with Crippen molar-refractivity contribution in [2.75, 3.05) is 21.3 Å². The highest BCUT2D eigenvalue weighted by Crippen LogP contribution is 2.42. The largest absolute Gasteiger partial charge is 0.493 e. The highest BCUT2D eigenvalue weighted by atomic mass is 16.5. The second-order valence-corrected chi connectivity index (χ2v) is 6.14. The zero-order chi connectivity index (χ0) is 20.4. The number of rotatable bonds is 6. The van der Waals surface area contributed by atoms with E-state index in [0.29, 0.717) is 34.5 Å². The number of aromatic nitrogens is 7. The van der Waals surface area contributed by atoms with Gasteiger partial charge in [0.05, 0.1) is 21.3 Å². The topological polar surface area (TPSA) is 113 Å². The minimum absolute atomic E-state index is 0.519. The van der Waals surface area contributed by atoms with E-state index in [2.05, 4.69) is 30.9 Å². The van der Waals surface area contributed by atoms with Crippen molar-refractivity contribution >= 4 is 0 Å². The summed E-state index contributed by atoms with van der Waals surface area (Å²) in [5, 5.41) is 22.9. The lowest BCUT2D eigenvalue weighted by Crippen LogP contribution is -1.96. The van der Waals surface area contributed by atoms with Crippen LogP contribution in [0.2, 0.25) is 0 Å². The van der Waals surface area contributed by atoms with Crippen LogP contribution < -0.4 is 14.2 Å². The molecule has 0 unspecified atom stereocenters. The first-order chi connectivity index (χ1) is 14.2. The van der Waals surface area contributed by atoms with Gasteiger partial charge in [0.2, 0.25) is 5.75 Å². The Morgan fingerprint density at radius 1 is 0.793 bits per heavy atom. The van der Waals surface area contributed by atoms with Gasteiger partial charge >= 0.3 is 0 Å². The normalized spacial score (nSPS) is 10.8. The van der Waals surface area contributed by atoms with Crippen molar-refractivity contribution in [3.63, 3.8) is 0 Å². The first-order valence-corrected chi connectivity index (χ1v) is 8.70. The second kappa shape index (κ2) is 7.58. The molecule has 0 saturated heterocycles. The highest BCUT2D eigenvalue weighted by molar-refractivity contribution is 5.80. The molecular weight excluding hydrogens is 374 g/mol. The van der Waals surface area contributed by atoms with E-state index in [4.69, 9.17) is 14.2 Å². The summed E-state index contributed by atoms with van der Waals surface area (Å²) in [5.41, 5.74) is 3.93. The average Bonchev–Trinajstić information content (AvgIpc) is 3.42. The third-order valence-corrected chi connectivity index (χ3v) is 4.52. The monoisotopic (exact) mass is 393 g/mol. The number of H-pyrrole nitrogens is 1. The molecule has 0 radical (unpaired) electrons. The summed E-state index contributed by atoms with van der Waals surface area (Å²) in [6, 6.07) is 11.4. The number of benzene rings is 2. The minimum atomic E-state index is 0.519. The van der Waals surface area contributed by atoms with Crippen molar-refractivity contribution in [1.29, 1.82) is 0 Å². The third kappa shape index (κ3) is 3.24. The maximum Gasteiger partial charge on any atom is 0.203 e. The van der Waals surface area contributed by atoms with Crippen molar-refractivity contribution < 1.29 is 14.2 Å². The molecule has 10 heteroatoms. The van der Waals surface area contributed by atoms with Gasteiger partial charge in [-0.25, -0.2) is 4.68 Å². The molecule has 1 N–H and O–H groups in total. The number of ether oxygens (including phenoxy) is 3. The van der Waals surface area contributed by atoms with Gasteiger partial charge in [0.1, 0.15) is 11.4 Å². The van der Waals surface area contributed by atoms with Crippen LogP contribution in [-0.2, 0) is 7.05 Å². The summed E-state index contributed by atoms with van der Waals surface area (Å²) in [7, 11) is 6.51. The molecular formula is C19H19N7O3. The summed E-state index contributed by atoms with van der Waals surface area (Å²) in [6.45, 7) is 0. The van der Waals surface area contributed by atoms with E-state index >= 15 is 0 Å². The van der Waals surface area contributed by atoms with Crippen LogP contribution in [0.4, 0.5) is 0 Å². The van der Waals surface area contributed by atoms with Gasteiger partial charge in [0.15, 0.2) is 17.3 Å². The van der Waals surface area contributed by atoms with E-state index in [9.17, 15) is 0 Å². The number of aryl methyl sites for hydroxylation is 1. The maximum atomic E-state index is 5.45. The summed E-state index contributed by atoms with van der Waals surface area (Å²) >= 11 is 0. The maximum absolute atomic E-state index is 5.45. The van der Waals surface area contributed by atoms with Crippen LogP contribution in [-0.4, -0.2) is 56.9 Å². The number of nitrogens with one attached hydrogen (secondary N) is 1. The molecule has 0 saturated carbocycles. The Balaban J connectivity index is 1.75. The number of nitrogens with zero attached hydrogens (tertiary/aromatic N) is 6. The van der Waals surface area contributed by atoms with Crippen LogP contribution in [0.5, 0.6) is 17.2 Å². The van der Waals surface area contributed by atoms with Gasteiger partial charge in [0, 0.05) is 23.7 Å². The van der Waals surface area contributed by atoms with Crippen LogP contribution in [0.15, 0.2) is 36.4 Å². The first-order valence-electron chi connectivity index (χ1n) is 8.70. The van der Waals surface area contributed by atoms with E-state index in [1.165, 1.54) is 0 Å². The van der Waals surface area contributed by atoms with E-state index in [1.807, 2.05) is 36.4 Å². The molecule has 0 fully saturated rings. The first kappa shape index (κ1) is 18.4. The molecule has 0 spiro atoms. The molecule has 2 aromatic heterocycles. The molecule has 29 heavy (non-hydrogen) atoms. The second-order valence-electron chi connectivity index (χ2n) is 6.14. The number of methoxy groups -OCH3 is 3. The third-order valence-electron chi connectivity index (χ3n) is 4.52. The van der Waals surface area contributed by atoms with Gasteiger partial charge < -0.3 is 14.2 Å². The smallest absolute Gasteiger partial charge is 0.203 e. The Labute approximate surface area is 166 Å². The Kier molecular flexibility index (Phi) is 4.82. The van der Waals surface area contributed by atoms with Crippen LogP contribution in [0.25, 0.3) is 33.9 Å². The van der Waals surface area contributed by atoms with Crippen molar-refractivity contribution in [2.24, 2.45) is 7.05 Å². The van der Waals surface area contributed by atoms with E-state index < -0.39 is 0 Å². The molecule has 4 rings (SSSR count). The Hall–Kier alpha value is -3.95. The molecule has 0 bridgehead atoms. The van der Waals surface area contributed by atoms with Crippen LogP contribution in [0, 0.1) is 0 Å². The summed E-state index contributed by atoms with van der Waals surface area (Å²) < 4.78 is 17.9. The zero-order valence-corrected chi connectivity index (χ0v) is 16.4. The lowest BCUT2D eigenvalue weighted by molar-refractivity contribution is 0.324. The highest BCUT2D eigenvalue weighted by Gasteiger charge is 2.19. The summed E-state index contributed by atoms with van der Waals surface area (Å²) in [5.74, 6) is 2.29. The fraction of sp³-hybridized carbons (Fsp3) is 0.211. The molecule has 0 amide bonds. The van der Waals surface area contributed by atoms with Crippen LogP contribution >= 0.6 is 0 Å². The lowest BCUT2D eigenvalue weighted by atomic mass is 10.0. The average molecular weight is 393 g/mol. The van der Waals surface area contributed by atoms with E-state index in [-0.39, 0.29) is 0 Å². The van der Waals surface area contributed by atoms with Crippen molar-refractivity contribution in [3.8, 4) is 51.2 Å². The van der Waals surface area contributed by atoms with Gasteiger partial charge in [0.25, 0.3) is 0 Å². The Bertz CT molecular complexity index is 1110. The number of hydrogen-bond donors (Lipinski definition) is 1. The Morgan fingerprint density at radius 3 is 1.90 bits per heavy atom. The summed E-state index contributed by atoms with van der Waals surface area (Å²) in [6.07, 6.45) is 0. The fourth-order valence-corrected chi connectivity index (χ4v) is 3.10. The molecule has 148 valence electrons. The van der Waals surface area contributed by atoms with Gasteiger partial charge in [-0.1, -0.05) is 24.3 Å². The van der Waals surface area contributed by atoms with Gasteiger partial charge in [-0.15, -0.1) is 5.10 Å². The SMILES string of the molecule is COc1cc(-c2n[nH]nc2-c2ccc(-c3nnnn3C)cc2)cc(OC)c1OC. The standard InChI is InChI=1S/C19H19N7O3/c1-26-19(22-24-25-26)12-7-5-11(6-8-12)16-17(21-23-20-16)13-9-14(27-2)18(29-4)15(10-13)28-3/h5-10H,1-4H3,(H,20,21,23). The molecule has 10 nitrogen and oxygen atoms in total. The molecule has 0 aliphatic heterocycles. The molecule has 0 atom stereocenters. The number of aromatic amines is 1. The zero-order valence-electron chi connectivity index (χ0n) is 16.4. The molecule has 2 heterocycles. The molecule has 4 aromatic rings. The van der Waals surface area contributed by atoms with Crippen molar-refractivity contribution in [2.45, 2.75) is 0 Å². The van der Waals surface area contributed by atoms with Crippen molar-refractivity contribution in [1.82, 2.24) is 35.6 Å². The quantitative estimate of drug-likeness (QED) is 0.531. The molecule has 2 aromatic carbocycles. The van der Waals surface area contributed by atoms with E-state index in [0.717, 1.165) is 16.7 Å². The van der Waals surface area contributed by atoms with E-state index in [1.54, 1.807) is 33.1 Å². The molecule has 0 aliphatic rings. The number of tetrazole rings is 1. The predicted molar refractivity (Wildman–Crippen MR) is 105 cm³/mol. The number of hydrogen-bond acceptors (Lipinski definition) is 8. The Morgan fingerprint density at radius 2 is 1.38 bits per heavy atom. The van der Waals surface area contributed by atoms with Crippen LogP contribution in [0.1, 0.15) is 0 Å². The predicted octanol–water partition coefficient (Wildman–Crippen LogP) is 2.35. The molecule has 0 aliphatic carbocycles. The van der Waals surface area contributed by atoms with Gasteiger partial charge in [-0.05, 0) is 22.6 Å². The van der Waals surface area contributed by atoms with Gasteiger partial charge in [-0.2, -0.15) is 15.4 Å². The van der Waals surface area contributed by atoms with Crippen LogP contribution in [0.3, 0.4) is 0 Å². The fourth-order valence-electron chi connectivity index (χ4n) is 3.10. The lowest BCUT2D eigenvalue weighted by Gasteiger charge is -2.13. The summed E-state index contributed by atoms with van der Waals surface area (Å²) in [4.78, 5) is 0. The van der Waals surface area contributed by atoms with Crippen molar-refractivity contribution in [3.05, 3.63) is 36.4 Å².